The fourth-order valence-electron chi connectivity index (χ4n) is 2.53. The Morgan fingerprint density at radius 2 is 1.79 bits per heavy atom. The van der Waals surface area contributed by atoms with E-state index in [-0.39, 0.29) is 12.5 Å². The van der Waals surface area contributed by atoms with Crippen molar-refractivity contribution in [1.29, 1.82) is 0 Å². The molecule has 2 heterocycles. The van der Waals surface area contributed by atoms with Gasteiger partial charge in [-0.05, 0) is 24.3 Å². The molecule has 1 N–H and O–H groups in total. The maximum absolute atomic E-state index is 12.4. The Bertz CT molecular complexity index is 988. The molecule has 0 aliphatic carbocycles. The molecule has 0 aliphatic rings. The van der Waals surface area contributed by atoms with E-state index >= 15 is 0 Å². The standard InChI is InChI=1S/C17H14N6O/c24-17(12-22-15-9-5-4-8-14(15)20-21-22)19-16-10-11-18-23(16)13-6-2-1-3-7-13/h1-11H,12H2,(H,19,24). The first kappa shape index (κ1) is 14.1. The number of carbonyl (C=O) groups excluding carboxylic acids is 1. The lowest BCUT2D eigenvalue weighted by atomic mass is 10.3. The van der Waals surface area contributed by atoms with Gasteiger partial charge in [-0.2, -0.15) is 5.10 Å². The van der Waals surface area contributed by atoms with Crippen LogP contribution < -0.4 is 5.32 Å². The quantitative estimate of drug-likeness (QED) is 0.626. The van der Waals surface area contributed by atoms with Crippen LogP contribution in [0.2, 0.25) is 0 Å². The SMILES string of the molecule is O=C(Cn1nnc2ccccc21)Nc1ccnn1-c1ccccc1. The maximum Gasteiger partial charge on any atom is 0.247 e. The largest absolute Gasteiger partial charge is 0.309 e. The summed E-state index contributed by atoms with van der Waals surface area (Å²) in [6.45, 7) is 0.0838. The Morgan fingerprint density at radius 1 is 1.00 bits per heavy atom. The van der Waals surface area contributed by atoms with Crippen LogP contribution >= 0.6 is 0 Å². The fourth-order valence-corrected chi connectivity index (χ4v) is 2.53. The summed E-state index contributed by atoms with van der Waals surface area (Å²) in [6, 6.07) is 18.9. The van der Waals surface area contributed by atoms with Crippen molar-refractivity contribution in [2.75, 3.05) is 5.32 Å². The Kier molecular flexibility index (Phi) is 3.51. The third-order valence-corrected chi connectivity index (χ3v) is 3.62. The van der Waals surface area contributed by atoms with Crippen LogP contribution in [0.1, 0.15) is 0 Å². The monoisotopic (exact) mass is 318 g/mol. The highest BCUT2D eigenvalue weighted by atomic mass is 16.2. The second kappa shape index (κ2) is 5.96. The number of nitrogens with zero attached hydrogens (tertiary/aromatic N) is 5. The van der Waals surface area contributed by atoms with E-state index in [0.717, 1.165) is 16.7 Å². The number of rotatable bonds is 4. The van der Waals surface area contributed by atoms with Gasteiger partial charge in [0.25, 0.3) is 0 Å². The van der Waals surface area contributed by atoms with Crippen LogP contribution in [-0.4, -0.2) is 30.7 Å². The lowest BCUT2D eigenvalue weighted by Gasteiger charge is -2.09. The second-order valence-corrected chi connectivity index (χ2v) is 5.25. The van der Waals surface area contributed by atoms with E-state index in [2.05, 4.69) is 20.7 Å². The van der Waals surface area contributed by atoms with Gasteiger partial charge >= 0.3 is 0 Å². The lowest BCUT2D eigenvalue weighted by Crippen LogP contribution is -2.21. The zero-order chi connectivity index (χ0) is 16.4. The smallest absolute Gasteiger partial charge is 0.247 e. The minimum atomic E-state index is -0.191. The summed E-state index contributed by atoms with van der Waals surface area (Å²) in [5.41, 5.74) is 2.47. The van der Waals surface area contributed by atoms with E-state index in [1.165, 1.54) is 0 Å². The molecule has 0 bridgehead atoms. The van der Waals surface area contributed by atoms with Gasteiger partial charge in [0.2, 0.25) is 5.91 Å². The van der Waals surface area contributed by atoms with Crippen molar-refractivity contribution in [3.05, 3.63) is 66.9 Å². The van der Waals surface area contributed by atoms with Gasteiger partial charge in [0.05, 0.1) is 17.4 Å². The average molecular weight is 318 g/mol. The molecule has 4 aromatic rings. The molecule has 2 aromatic heterocycles. The summed E-state index contributed by atoms with van der Waals surface area (Å²) in [7, 11) is 0. The number of benzene rings is 2. The van der Waals surface area contributed by atoms with E-state index in [1.807, 2.05) is 54.6 Å². The summed E-state index contributed by atoms with van der Waals surface area (Å²) in [4.78, 5) is 12.4. The fraction of sp³-hybridized carbons (Fsp3) is 0.0588. The maximum atomic E-state index is 12.4. The molecule has 1 amide bonds. The molecule has 24 heavy (non-hydrogen) atoms. The van der Waals surface area contributed by atoms with Crippen molar-refractivity contribution in [1.82, 2.24) is 24.8 Å². The van der Waals surface area contributed by atoms with Crippen LogP contribution in [-0.2, 0) is 11.3 Å². The first-order valence-electron chi connectivity index (χ1n) is 7.49. The highest BCUT2D eigenvalue weighted by molar-refractivity contribution is 5.90. The van der Waals surface area contributed by atoms with E-state index in [9.17, 15) is 4.79 Å². The normalized spacial score (nSPS) is 10.8. The van der Waals surface area contributed by atoms with Crippen LogP contribution in [0.3, 0.4) is 0 Å². The summed E-state index contributed by atoms with van der Waals surface area (Å²) < 4.78 is 3.26. The number of hydrogen-bond acceptors (Lipinski definition) is 4. The molecule has 118 valence electrons. The van der Waals surface area contributed by atoms with Crippen LogP contribution in [0.15, 0.2) is 66.9 Å². The second-order valence-electron chi connectivity index (χ2n) is 5.25. The van der Waals surface area contributed by atoms with Gasteiger partial charge in [0.15, 0.2) is 0 Å². The number of amides is 1. The molecular formula is C17H14N6O. The molecule has 7 nitrogen and oxygen atoms in total. The van der Waals surface area contributed by atoms with Crippen LogP contribution in [0, 0.1) is 0 Å². The van der Waals surface area contributed by atoms with Crippen LogP contribution in [0.4, 0.5) is 5.82 Å². The Morgan fingerprint density at radius 3 is 2.67 bits per heavy atom. The van der Waals surface area contributed by atoms with E-state index in [0.29, 0.717) is 5.82 Å². The van der Waals surface area contributed by atoms with Crippen LogP contribution in [0.5, 0.6) is 0 Å². The molecule has 0 saturated heterocycles. The molecule has 0 saturated carbocycles. The highest BCUT2D eigenvalue weighted by Gasteiger charge is 2.11. The molecule has 0 atom stereocenters. The minimum absolute atomic E-state index is 0.0838. The molecule has 0 spiro atoms. The third-order valence-electron chi connectivity index (χ3n) is 3.62. The molecule has 7 heteroatoms. The van der Waals surface area contributed by atoms with Crippen molar-refractivity contribution >= 4 is 22.8 Å². The van der Waals surface area contributed by atoms with Gasteiger partial charge in [-0.3, -0.25) is 4.79 Å². The molecule has 0 fully saturated rings. The van der Waals surface area contributed by atoms with Gasteiger partial charge in [-0.15, -0.1) is 5.10 Å². The molecular weight excluding hydrogens is 304 g/mol. The first-order valence-corrected chi connectivity index (χ1v) is 7.49. The zero-order valence-electron chi connectivity index (χ0n) is 12.7. The van der Waals surface area contributed by atoms with E-state index in [1.54, 1.807) is 21.6 Å². The molecule has 0 radical (unpaired) electrons. The Hall–Kier alpha value is -3.48. The van der Waals surface area contributed by atoms with Gasteiger partial charge in [0, 0.05) is 6.07 Å². The summed E-state index contributed by atoms with van der Waals surface area (Å²) >= 11 is 0. The van der Waals surface area contributed by atoms with E-state index < -0.39 is 0 Å². The predicted octanol–water partition coefficient (Wildman–Crippen LogP) is 2.26. The average Bonchev–Trinajstić information content (AvgIpc) is 3.23. The number of hydrogen-bond donors (Lipinski definition) is 1. The summed E-state index contributed by atoms with van der Waals surface area (Å²) in [5, 5.41) is 15.2. The molecule has 2 aromatic carbocycles. The van der Waals surface area contributed by atoms with Crippen molar-refractivity contribution in [3.63, 3.8) is 0 Å². The number of aromatic nitrogens is 5. The van der Waals surface area contributed by atoms with Gasteiger partial charge in [-0.25, -0.2) is 9.36 Å². The van der Waals surface area contributed by atoms with Crippen molar-refractivity contribution in [3.8, 4) is 5.69 Å². The number of fused-ring (bicyclic) bond motifs is 1. The zero-order valence-corrected chi connectivity index (χ0v) is 12.7. The van der Waals surface area contributed by atoms with E-state index in [4.69, 9.17) is 0 Å². The first-order chi connectivity index (χ1) is 11.8. The van der Waals surface area contributed by atoms with Crippen molar-refractivity contribution < 1.29 is 4.79 Å². The Balaban J connectivity index is 1.54. The number of nitrogens with one attached hydrogen (secondary N) is 1. The molecule has 0 unspecified atom stereocenters. The topological polar surface area (TPSA) is 77.6 Å². The summed E-state index contributed by atoms with van der Waals surface area (Å²) in [6.07, 6.45) is 1.65. The van der Waals surface area contributed by atoms with Crippen LogP contribution in [0.25, 0.3) is 16.7 Å². The van der Waals surface area contributed by atoms with Crippen molar-refractivity contribution in [2.24, 2.45) is 0 Å². The summed E-state index contributed by atoms with van der Waals surface area (Å²) in [5.74, 6) is 0.416. The number of anilines is 1. The number of carbonyl (C=O) groups is 1. The van der Waals surface area contributed by atoms with Gasteiger partial charge in [0.1, 0.15) is 17.9 Å². The predicted molar refractivity (Wildman–Crippen MR) is 89.7 cm³/mol. The van der Waals surface area contributed by atoms with Crippen molar-refractivity contribution in [2.45, 2.75) is 6.54 Å². The third kappa shape index (κ3) is 2.63. The van der Waals surface area contributed by atoms with Gasteiger partial charge < -0.3 is 5.32 Å². The Labute approximate surface area is 137 Å². The minimum Gasteiger partial charge on any atom is -0.309 e. The lowest BCUT2D eigenvalue weighted by molar-refractivity contribution is -0.116. The highest BCUT2D eigenvalue weighted by Crippen LogP contribution is 2.15. The molecule has 4 rings (SSSR count). The molecule has 0 aliphatic heterocycles. The number of para-hydroxylation sites is 2. The van der Waals surface area contributed by atoms with Gasteiger partial charge in [-0.1, -0.05) is 35.5 Å².